The zero-order valence-corrected chi connectivity index (χ0v) is 18.2. The van der Waals surface area contributed by atoms with Crippen LogP contribution in [-0.2, 0) is 10.0 Å². The minimum Gasteiger partial charge on any atom is -0.477 e. The zero-order valence-electron chi connectivity index (χ0n) is 16.6. The van der Waals surface area contributed by atoms with Gasteiger partial charge in [0.05, 0.1) is 23.2 Å². The van der Waals surface area contributed by atoms with Crippen LogP contribution in [0.4, 0.5) is 10.1 Å². The van der Waals surface area contributed by atoms with Gasteiger partial charge in [-0.25, -0.2) is 17.8 Å². The molecule has 2 heterocycles. The molecule has 160 valence electrons. The lowest BCUT2D eigenvalue weighted by molar-refractivity contribution is 0.331. The third-order valence-electron chi connectivity index (χ3n) is 4.58. The first kappa shape index (κ1) is 21.1. The molecule has 2 N–H and O–H groups in total. The van der Waals surface area contributed by atoms with Crippen LogP contribution in [0.5, 0.6) is 5.88 Å². The smallest absolute Gasteiger partial charge is 0.264 e. The molecular formula is C21H18ClFN4O3S. The molecule has 0 aliphatic carbocycles. The minimum absolute atomic E-state index is 0.122. The van der Waals surface area contributed by atoms with Crippen molar-refractivity contribution in [2.75, 3.05) is 11.3 Å². The molecule has 0 fully saturated rings. The first-order chi connectivity index (χ1) is 14.8. The van der Waals surface area contributed by atoms with Crippen molar-refractivity contribution in [3.63, 3.8) is 0 Å². The van der Waals surface area contributed by atoms with Crippen LogP contribution in [0.1, 0.15) is 12.6 Å². The van der Waals surface area contributed by atoms with Crippen molar-refractivity contribution in [2.45, 2.75) is 18.7 Å². The normalized spacial score (nSPS) is 11.6. The van der Waals surface area contributed by atoms with E-state index in [0.29, 0.717) is 23.7 Å². The molecule has 0 radical (unpaired) electrons. The summed E-state index contributed by atoms with van der Waals surface area (Å²) in [7, 11) is -4.14. The number of hydrogen-bond donors (Lipinski definition) is 2. The van der Waals surface area contributed by atoms with E-state index < -0.39 is 20.7 Å². The van der Waals surface area contributed by atoms with Gasteiger partial charge < -0.3 is 4.74 Å². The van der Waals surface area contributed by atoms with Crippen LogP contribution in [-0.4, -0.2) is 30.2 Å². The summed E-state index contributed by atoms with van der Waals surface area (Å²) in [5.74, 6) is -0.411. The zero-order chi connectivity index (χ0) is 22.2. The van der Waals surface area contributed by atoms with Gasteiger partial charge in [-0.3, -0.25) is 9.82 Å². The van der Waals surface area contributed by atoms with Crippen molar-refractivity contribution in [3.8, 4) is 17.1 Å². The van der Waals surface area contributed by atoms with Gasteiger partial charge in [-0.2, -0.15) is 5.10 Å². The van der Waals surface area contributed by atoms with Crippen molar-refractivity contribution in [1.29, 1.82) is 0 Å². The van der Waals surface area contributed by atoms with E-state index >= 15 is 0 Å². The number of nitrogens with one attached hydrogen (secondary N) is 2. The monoisotopic (exact) mass is 460 g/mol. The van der Waals surface area contributed by atoms with Crippen LogP contribution in [0.3, 0.4) is 0 Å². The Morgan fingerprint density at radius 1 is 1.16 bits per heavy atom. The molecule has 31 heavy (non-hydrogen) atoms. The molecule has 10 heteroatoms. The third kappa shape index (κ3) is 4.19. The number of aromatic nitrogens is 3. The molecule has 0 spiro atoms. The molecule has 0 aliphatic heterocycles. The molecule has 0 aliphatic rings. The fourth-order valence-electron chi connectivity index (χ4n) is 3.14. The average Bonchev–Trinajstić information content (AvgIpc) is 3.11. The van der Waals surface area contributed by atoms with Gasteiger partial charge in [-0.1, -0.05) is 23.7 Å². The molecule has 4 aromatic rings. The third-order valence-corrected chi connectivity index (χ3v) is 6.21. The number of aromatic amines is 1. The van der Waals surface area contributed by atoms with Crippen LogP contribution in [0.2, 0.25) is 5.02 Å². The van der Waals surface area contributed by atoms with E-state index in [2.05, 4.69) is 19.9 Å². The Kier molecular flexibility index (Phi) is 5.55. The topological polar surface area (TPSA) is 97.0 Å². The van der Waals surface area contributed by atoms with Gasteiger partial charge in [0.15, 0.2) is 0 Å². The van der Waals surface area contributed by atoms with E-state index in [1.165, 1.54) is 6.07 Å². The molecule has 2 aromatic heterocycles. The van der Waals surface area contributed by atoms with Crippen LogP contribution in [0.15, 0.2) is 53.4 Å². The van der Waals surface area contributed by atoms with Crippen LogP contribution >= 0.6 is 11.6 Å². The fraction of sp³-hybridized carbons (Fsp3) is 0.143. The summed E-state index contributed by atoms with van der Waals surface area (Å²) in [4.78, 5) is 4.06. The Hall–Kier alpha value is -3.17. The fourth-order valence-corrected chi connectivity index (χ4v) is 4.54. The second-order valence-electron chi connectivity index (χ2n) is 6.75. The maximum Gasteiger partial charge on any atom is 0.264 e. The van der Waals surface area contributed by atoms with Crippen molar-refractivity contribution in [2.24, 2.45) is 0 Å². The average molecular weight is 461 g/mol. The Morgan fingerprint density at radius 3 is 2.61 bits per heavy atom. The maximum atomic E-state index is 14.0. The summed E-state index contributed by atoms with van der Waals surface area (Å²) in [6.45, 7) is 4.22. The number of ether oxygens (including phenoxy) is 1. The highest BCUT2D eigenvalue weighted by Crippen LogP contribution is 2.31. The summed E-state index contributed by atoms with van der Waals surface area (Å²) in [5.41, 5.74) is 3.20. The lowest BCUT2D eigenvalue weighted by Crippen LogP contribution is -2.14. The van der Waals surface area contributed by atoms with Gasteiger partial charge in [0.1, 0.15) is 10.7 Å². The van der Waals surface area contributed by atoms with E-state index in [4.69, 9.17) is 16.3 Å². The minimum atomic E-state index is -4.14. The summed E-state index contributed by atoms with van der Waals surface area (Å²) in [6.07, 6.45) is 0. The number of halogens is 2. The number of anilines is 1. The molecule has 0 atom stereocenters. The lowest BCUT2D eigenvalue weighted by Gasteiger charge is -2.11. The number of rotatable bonds is 6. The number of nitrogens with zero attached hydrogens (tertiary/aromatic N) is 2. The second kappa shape index (κ2) is 8.16. The van der Waals surface area contributed by atoms with Crippen LogP contribution in [0, 0.1) is 12.7 Å². The van der Waals surface area contributed by atoms with Gasteiger partial charge in [-0.05, 0) is 50.2 Å². The number of benzene rings is 2. The van der Waals surface area contributed by atoms with Crippen molar-refractivity contribution in [1.82, 2.24) is 15.2 Å². The number of aryl methyl sites for hydroxylation is 1. The highest BCUT2D eigenvalue weighted by molar-refractivity contribution is 7.92. The summed E-state index contributed by atoms with van der Waals surface area (Å²) in [6, 6.07) is 11.7. The first-order valence-electron chi connectivity index (χ1n) is 9.35. The number of fused-ring (bicyclic) bond motifs is 1. The summed E-state index contributed by atoms with van der Waals surface area (Å²) >= 11 is 5.81. The van der Waals surface area contributed by atoms with Gasteiger partial charge in [0.25, 0.3) is 10.0 Å². The SMILES string of the molecule is CCOc1nc(-c2ccc(NS(=O)(=O)c3cc(Cl)ccc3F)cc2)cc2n[nH]c(C)c12. The van der Waals surface area contributed by atoms with Crippen molar-refractivity contribution >= 4 is 38.2 Å². The lowest BCUT2D eigenvalue weighted by atomic mass is 10.1. The number of pyridine rings is 1. The standard InChI is InChI=1S/C21H18ClFN4O3S/c1-3-30-21-20-12(2)25-26-18(20)11-17(24-21)13-4-7-15(8-5-13)27-31(28,29)19-10-14(22)6-9-16(19)23/h4-11,27H,3H2,1-2H3,(H,25,26). The predicted molar refractivity (Wildman–Crippen MR) is 117 cm³/mol. The molecule has 0 unspecified atom stereocenters. The Balaban J connectivity index is 1.65. The van der Waals surface area contributed by atoms with Gasteiger partial charge in [-0.15, -0.1) is 0 Å². The Bertz CT molecular complexity index is 1370. The van der Waals surface area contributed by atoms with Crippen LogP contribution < -0.4 is 9.46 Å². The summed E-state index contributed by atoms with van der Waals surface area (Å²) in [5, 5.41) is 8.15. The molecular weight excluding hydrogens is 443 g/mol. The maximum absolute atomic E-state index is 14.0. The molecule has 0 saturated carbocycles. The quantitative estimate of drug-likeness (QED) is 0.425. The Morgan fingerprint density at radius 2 is 1.90 bits per heavy atom. The van der Waals surface area contributed by atoms with E-state index in [1.807, 2.05) is 19.9 Å². The first-order valence-corrected chi connectivity index (χ1v) is 11.2. The molecule has 0 amide bonds. The number of hydrogen-bond acceptors (Lipinski definition) is 5. The van der Waals surface area contributed by atoms with E-state index in [1.54, 1.807) is 24.3 Å². The summed E-state index contributed by atoms with van der Waals surface area (Å²) < 4.78 is 47.1. The highest BCUT2D eigenvalue weighted by Gasteiger charge is 2.20. The Labute approximate surface area is 183 Å². The molecule has 7 nitrogen and oxygen atoms in total. The van der Waals surface area contributed by atoms with Crippen LogP contribution in [0.25, 0.3) is 22.2 Å². The molecule has 0 bridgehead atoms. The predicted octanol–water partition coefficient (Wildman–Crippen LogP) is 4.93. The van der Waals surface area contributed by atoms with Gasteiger partial charge >= 0.3 is 0 Å². The van der Waals surface area contributed by atoms with Crippen molar-refractivity contribution in [3.05, 3.63) is 65.1 Å². The van der Waals surface area contributed by atoms with Gasteiger partial charge in [0.2, 0.25) is 5.88 Å². The van der Waals surface area contributed by atoms with E-state index in [-0.39, 0.29) is 10.7 Å². The second-order valence-corrected chi connectivity index (χ2v) is 8.83. The molecule has 2 aromatic carbocycles. The highest BCUT2D eigenvalue weighted by atomic mass is 35.5. The van der Waals surface area contributed by atoms with E-state index in [9.17, 15) is 12.8 Å². The number of sulfonamides is 1. The van der Waals surface area contributed by atoms with Crippen molar-refractivity contribution < 1.29 is 17.5 Å². The molecule has 0 saturated heterocycles. The van der Waals surface area contributed by atoms with Gasteiger partial charge in [0, 0.05) is 22.0 Å². The van der Waals surface area contributed by atoms with E-state index in [0.717, 1.165) is 28.8 Å². The number of H-pyrrole nitrogens is 1. The molecule has 4 rings (SSSR count). The largest absolute Gasteiger partial charge is 0.477 e.